The highest BCUT2D eigenvalue weighted by Gasteiger charge is 2.13. The zero-order valence-corrected chi connectivity index (χ0v) is 11.4. The average Bonchev–Trinajstić information content (AvgIpc) is 2.87. The Bertz CT molecular complexity index is 585. The van der Waals surface area contributed by atoms with Gasteiger partial charge >= 0.3 is 0 Å². The van der Waals surface area contributed by atoms with Crippen molar-refractivity contribution >= 4 is 17.3 Å². The Morgan fingerprint density at radius 2 is 2.26 bits per heavy atom. The first-order valence-electron chi connectivity index (χ1n) is 6.17. The predicted octanol–water partition coefficient (Wildman–Crippen LogP) is 3.62. The maximum absolute atomic E-state index is 9.28. The molecule has 0 fully saturated rings. The largest absolute Gasteiger partial charge is 0.365 e. The lowest BCUT2D eigenvalue weighted by molar-refractivity contribution is 0.602. The maximum Gasteiger partial charge on any atom is 0.143 e. The van der Waals surface area contributed by atoms with E-state index < -0.39 is 6.04 Å². The number of halogens is 1. The number of hydrogen-bond acceptors (Lipinski definition) is 3. The van der Waals surface area contributed by atoms with Crippen molar-refractivity contribution in [2.75, 3.05) is 5.32 Å². The summed E-state index contributed by atoms with van der Waals surface area (Å²) >= 11 is 6.07. The van der Waals surface area contributed by atoms with Crippen LogP contribution in [0.2, 0.25) is 5.02 Å². The molecule has 19 heavy (non-hydrogen) atoms. The molecule has 2 aromatic rings. The third-order valence-corrected chi connectivity index (χ3v) is 3.07. The second-order valence-electron chi connectivity index (χ2n) is 4.22. The van der Waals surface area contributed by atoms with E-state index in [0.717, 1.165) is 24.2 Å². The summed E-state index contributed by atoms with van der Waals surface area (Å²) in [7, 11) is 0. The van der Waals surface area contributed by atoms with Crippen LogP contribution in [-0.4, -0.2) is 9.78 Å². The molecule has 1 unspecified atom stereocenters. The highest BCUT2D eigenvalue weighted by molar-refractivity contribution is 6.33. The van der Waals surface area contributed by atoms with E-state index in [9.17, 15) is 5.26 Å². The fourth-order valence-corrected chi connectivity index (χ4v) is 1.99. The van der Waals surface area contributed by atoms with Crippen LogP contribution in [0.4, 0.5) is 5.69 Å². The molecule has 0 aliphatic rings. The molecule has 0 saturated carbocycles. The predicted molar refractivity (Wildman–Crippen MR) is 75.9 cm³/mol. The number of para-hydroxylation sites is 1. The quantitative estimate of drug-likeness (QED) is 0.906. The first-order valence-corrected chi connectivity index (χ1v) is 6.55. The fourth-order valence-electron chi connectivity index (χ4n) is 1.80. The highest BCUT2D eigenvalue weighted by atomic mass is 35.5. The van der Waals surface area contributed by atoms with Crippen molar-refractivity contribution < 1.29 is 0 Å². The summed E-state index contributed by atoms with van der Waals surface area (Å²) in [4.78, 5) is 0. The molecule has 5 heteroatoms. The molecule has 0 spiro atoms. The van der Waals surface area contributed by atoms with Crippen LogP contribution >= 0.6 is 11.6 Å². The van der Waals surface area contributed by atoms with Crippen molar-refractivity contribution in [3.05, 3.63) is 47.2 Å². The van der Waals surface area contributed by atoms with E-state index in [1.54, 1.807) is 12.3 Å². The van der Waals surface area contributed by atoms with Crippen molar-refractivity contribution in [2.45, 2.75) is 25.9 Å². The Hall–Kier alpha value is -1.99. The SMILES string of the molecule is CCCn1cc(C(C#N)Nc2ccccc2Cl)cn1. The van der Waals surface area contributed by atoms with E-state index >= 15 is 0 Å². The van der Waals surface area contributed by atoms with Gasteiger partial charge in [0, 0.05) is 18.3 Å². The van der Waals surface area contributed by atoms with Gasteiger partial charge < -0.3 is 5.32 Å². The fraction of sp³-hybridized carbons (Fsp3) is 0.286. The standard InChI is InChI=1S/C14H15ClN4/c1-2-7-19-10-11(9-17-19)14(8-16)18-13-6-4-3-5-12(13)15/h3-6,9-10,14,18H,2,7H2,1H3. The van der Waals surface area contributed by atoms with Crippen LogP contribution in [-0.2, 0) is 6.54 Å². The van der Waals surface area contributed by atoms with Crippen LogP contribution in [0.3, 0.4) is 0 Å². The Morgan fingerprint density at radius 1 is 1.47 bits per heavy atom. The zero-order valence-electron chi connectivity index (χ0n) is 10.7. The smallest absolute Gasteiger partial charge is 0.143 e. The molecule has 0 bridgehead atoms. The summed E-state index contributed by atoms with van der Waals surface area (Å²) in [6.07, 6.45) is 4.62. The second-order valence-corrected chi connectivity index (χ2v) is 4.63. The van der Waals surface area contributed by atoms with Crippen LogP contribution in [0.15, 0.2) is 36.7 Å². The monoisotopic (exact) mass is 274 g/mol. The van der Waals surface area contributed by atoms with Gasteiger partial charge in [0.25, 0.3) is 0 Å². The average molecular weight is 275 g/mol. The lowest BCUT2D eigenvalue weighted by atomic mass is 10.1. The minimum atomic E-state index is -0.453. The van der Waals surface area contributed by atoms with Gasteiger partial charge in [0.05, 0.1) is 23.0 Å². The molecule has 0 aliphatic heterocycles. The van der Waals surface area contributed by atoms with E-state index in [1.807, 2.05) is 29.1 Å². The molecule has 1 aromatic carbocycles. The molecule has 1 N–H and O–H groups in total. The van der Waals surface area contributed by atoms with Gasteiger partial charge in [0.1, 0.15) is 6.04 Å². The van der Waals surface area contributed by atoms with Gasteiger partial charge in [-0.3, -0.25) is 4.68 Å². The van der Waals surface area contributed by atoms with Gasteiger partial charge in [0.2, 0.25) is 0 Å². The van der Waals surface area contributed by atoms with Crippen molar-refractivity contribution in [3.63, 3.8) is 0 Å². The van der Waals surface area contributed by atoms with Crippen LogP contribution in [0, 0.1) is 11.3 Å². The highest BCUT2D eigenvalue weighted by Crippen LogP contribution is 2.25. The molecular weight excluding hydrogens is 260 g/mol. The van der Waals surface area contributed by atoms with E-state index in [0.29, 0.717) is 5.02 Å². The Morgan fingerprint density at radius 3 is 2.95 bits per heavy atom. The van der Waals surface area contributed by atoms with Gasteiger partial charge in [-0.15, -0.1) is 0 Å². The normalized spacial score (nSPS) is 11.8. The van der Waals surface area contributed by atoms with Gasteiger partial charge in [-0.2, -0.15) is 10.4 Å². The molecule has 0 radical (unpaired) electrons. The van der Waals surface area contributed by atoms with Gasteiger partial charge in [-0.25, -0.2) is 0 Å². The molecule has 0 saturated heterocycles. The van der Waals surface area contributed by atoms with Crippen molar-refractivity contribution in [1.29, 1.82) is 5.26 Å². The van der Waals surface area contributed by atoms with E-state index in [4.69, 9.17) is 11.6 Å². The number of benzene rings is 1. The second kappa shape index (κ2) is 6.26. The maximum atomic E-state index is 9.28. The molecule has 0 aliphatic carbocycles. The van der Waals surface area contributed by atoms with Crippen LogP contribution in [0.5, 0.6) is 0 Å². The molecule has 2 rings (SSSR count). The van der Waals surface area contributed by atoms with Crippen molar-refractivity contribution in [1.82, 2.24) is 9.78 Å². The summed E-state index contributed by atoms with van der Waals surface area (Å²) in [5, 5.41) is 17.2. The van der Waals surface area contributed by atoms with Crippen LogP contribution in [0.25, 0.3) is 0 Å². The number of nitriles is 1. The Labute approximate surface area is 117 Å². The van der Waals surface area contributed by atoms with E-state index in [2.05, 4.69) is 23.4 Å². The summed E-state index contributed by atoms with van der Waals surface area (Å²) in [6, 6.07) is 9.15. The number of aromatic nitrogens is 2. The Kier molecular flexibility index (Phi) is 4.43. The molecule has 1 atom stereocenters. The first-order chi connectivity index (χ1) is 9.24. The minimum Gasteiger partial charge on any atom is -0.365 e. The number of aryl methyl sites for hydroxylation is 1. The van der Waals surface area contributed by atoms with Crippen LogP contribution in [0.1, 0.15) is 24.9 Å². The summed E-state index contributed by atoms with van der Waals surface area (Å²) in [5.41, 5.74) is 1.59. The number of anilines is 1. The van der Waals surface area contributed by atoms with E-state index in [-0.39, 0.29) is 0 Å². The molecule has 0 amide bonds. The number of nitrogens with one attached hydrogen (secondary N) is 1. The van der Waals surface area contributed by atoms with Gasteiger partial charge in [-0.05, 0) is 18.6 Å². The third kappa shape index (κ3) is 3.27. The van der Waals surface area contributed by atoms with Crippen molar-refractivity contribution in [2.24, 2.45) is 0 Å². The van der Waals surface area contributed by atoms with Crippen molar-refractivity contribution in [3.8, 4) is 6.07 Å². The van der Waals surface area contributed by atoms with E-state index in [1.165, 1.54) is 0 Å². The zero-order chi connectivity index (χ0) is 13.7. The van der Waals surface area contributed by atoms with Crippen LogP contribution < -0.4 is 5.32 Å². The number of nitrogens with zero attached hydrogens (tertiary/aromatic N) is 3. The molecule has 4 nitrogen and oxygen atoms in total. The lowest BCUT2D eigenvalue weighted by Gasteiger charge is -2.12. The summed E-state index contributed by atoms with van der Waals surface area (Å²) in [5.74, 6) is 0. The third-order valence-electron chi connectivity index (χ3n) is 2.74. The number of rotatable bonds is 5. The Balaban J connectivity index is 2.16. The molecule has 98 valence electrons. The molecular formula is C14H15ClN4. The molecule has 1 aromatic heterocycles. The lowest BCUT2D eigenvalue weighted by Crippen LogP contribution is -2.08. The van der Waals surface area contributed by atoms with Gasteiger partial charge in [-0.1, -0.05) is 30.7 Å². The first kappa shape index (κ1) is 13.4. The summed E-state index contributed by atoms with van der Waals surface area (Å²) in [6.45, 7) is 2.94. The minimum absolute atomic E-state index is 0.453. The topological polar surface area (TPSA) is 53.6 Å². The van der Waals surface area contributed by atoms with Gasteiger partial charge in [0.15, 0.2) is 0 Å². The molecule has 1 heterocycles. The number of hydrogen-bond donors (Lipinski definition) is 1. The summed E-state index contributed by atoms with van der Waals surface area (Å²) < 4.78 is 1.84.